The smallest absolute Gasteiger partial charge is 0.337 e. The summed E-state index contributed by atoms with van der Waals surface area (Å²) in [6.45, 7) is 4.13. The minimum atomic E-state index is -0.394. The van der Waals surface area contributed by atoms with Crippen LogP contribution in [-0.4, -0.2) is 13.1 Å². The number of ether oxygens (including phenoxy) is 1. The first kappa shape index (κ1) is 13.9. The van der Waals surface area contributed by atoms with E-state index in [9.17, 15) is 4.79 Å². The van der Waals surface area contributed by atoms with Gasteiger partial charge in [0.05, 0.1) is 24.0 Å². The zero-order chi connectivity index (χ0) is 14.7. The van der Waals surface area contributed by atoms with Crippen molar-refractivity contribution in [3.8, 4) is 0 Å². The Morgan fingerprint density at radius 1 is 1.10 bits per heavy atom. The first-order chi connectivity index (χ1) is 9.51. The number of methoxy groups -OCH3 is 1. The highest BCUT2D eigenvalue weighted by molar-refractivity contribution is 5.92. The van der Waals surface area contributed by atoms with Crippen molar-refractivity contribution in [3.05, 3.63) is 53.1 Å². The Balaban J connectivity index is 2.25. The van der Waals surface area contributed by atoms with E-state index in [1.54, 1.807) is 18.2 Å². The van der Waals surface area contributed by atoms with Crippen molar-refractivity contribution in [2.75, 3.05) is 18.2 Å². The van der Waals surface area contributed by atoms with Gasteiger partial charge in [-0.1, -0.05) is 6.07 Å². The summed E-state index contributed by atoms with van der Waals surface area (Å²) in [4.78, 5) is 11.4. The zero-order valence-corrected chi connectivity index (χ0v) is 11.9. The van der Waals surface area contributed by atoms with Gasteiger partial charge >= 0.3 is 5.97 Å². The first-order valence-electron chi connectivity index (χ1n) is 6.33. The first-order valence-corrected chi connectivity index (χ1v) is 6.33. The molecule has 0 aliphatic rings. The molecule has 3 N–H and O–H groups in total. The molecule has 4 heteroatoms. The van der Waals surface area contributed by atoms with Crippen molar-refractivity contribution in [1.29, 1.82) is 0 Å². The minimum absolute atomic E-state index is 0.394. The third kappa shape index (κ3) is 2.91. The summed E-state index contributed by atoms with van der Waals surface area (Å²) in [6, 6.07) is 11.2. The van der Waals surface area contributed by atoms with Crippen LogP contribution in [0.2, 0.25) is 0 Å². The number of nitrogen functional groups attached to an aromatic ring is 1. The van der Waals surface area contributed by atoms with E-state index >= 15 is 0 Å². The molecule has 0 amide bonds. The number of rotatable bonds is 3. The molecule has 0 aliphatic carbocycles. The van der Waals surface area contributed by atoms with Crippen LogP contribution in [0.5, 0.6) is 0 Å². The van der Waals surface area contributed by atoms with Crippen LogP contribution >= 0.6 is 0 Å². The predicted octanol–water partition coefficient (Wildman–Crippen LogP) is 3.42. The van der Waals surface area contributed by atoms with Gasteiger partial charge in [0.25, 0.3) is 0 Å². The maximum Gasteiger partial charge on any atom is 0.337 e. The molecular formula is C16H18N2O2. The number of nitrogens with two attached hydrogens (primary N) is 1. The Labute approximate surface area is 118 Å². The van der Waals surface area contributed by atoms with Crippen LogP contribution < -0.4 is 11.1 Å². The Hall–Kier alpha value is -2.49. The Kier molecular flexibility index (Phi) is 3.94. The topological polar surface area (TPSA) is 64.3 Å². The molecule has 0 saturated carbocycles. The summed E-state index contributed by atoms with van der Waals surface area (Å²) in [5.74, 6) is -0.394. The van der Waals surface area contributed by atoms with Crippen LogP contribution in [0.25, 0.3) is 0 Å². The van der Waals surface area contributed by atoms with E-state index in [0.29, 0.717) is 11.3 Å². The Bertz CT molecular complexity index is 651. The van der Waals surface area contributed by atoms with Crippen molar-refractivity contribution < 1.29 is 9.53 Å². The van der Waals surface area contributed by atoms with Gasteiger partial charge in [0.15, 0.2) is 0 Å². The number of aryl methyl sites for hydroxylation is 2. The van der Waals surface area contributed by atoms with Crippen molar-refractivity contribution in [1.82, 2.24) is 0 Å². The van der Waals surface area contributed by atoms with E-state index < -0.39 is 5.97 Å². The molecule has 0 atom stereocenters. The summed E-state index contributed by atoms with van der Waals surface area (Å²) in [7, 11) is 1.35. The van der Waals surface area contributed by atoms with Crippen molar-refractivity contribution >= 4 is 23.0 Å². The van der Waals surface area contributed by atoms with Gasteiger partial charge in [-0.05, 0) is 55.3 Å². The number of carbonyl (C=O) groups is 1. The van der Waals surface area contributed by atoms with E-state index in [0.717, 1.165) is 11.4 Å². The van der Waals surface area contributed by atoms with Crippen LogP contribution in [-0.2, 0) is 4.74 Å². The maximum absolute atomic E-state index is 11.4. The van der Waals surface area contributed by atoms with Crippen molar-refractivity contribution in [3.63, 3.8) is 0 Å². The molecule has 0 aliphatic heterocycles. The van der Waals surface area contributed by atoms with Crippen LogP contribution in [0.4, 0.5) is 17.1 Å². The molecule has 104 valence electrons. The van der Waals surface area contributed by atoms with Gasteiger partial charge in [-0.2, -0.15) is 0 Å². The van der Waals surface area contributed by atoms with Gasteiger partial charge < -0.3 is 15.8 Å². The molecule has 0 unspecified atom stereocenters. The molecule has 0 aromatic heterocycles. The second-order valence-electron chi connectivity index (χ2n) is 4.72. The van der Waals surface area contributed by atoms with Gasteiger partial charge in [-0.25, -0.2) is 4.79 Å². The third-order valence-corrected chi connectivity index (χ3v) is 3.26. The standard InChI is InChI=1S/C16H18N2O2/c1-10-4-6-13(8-11(10)2)18-15-7-5-12(9-14(15)17)16(19)20-3/h4-9,18H,17H2,1-3H3. The van der Waals surface area contributed by atoms with E-state index in [1.807, 2.05) is 6.07 Å². The average Bonchev–Trinajstić information content (AvgIpc) is 2.44. The molecule has 0 spiro atoms. The fourth-order valence-corrected chi connectivity index (χ4v) is 1.90. The SMILES string of the molecule is COC(=O)c1ccc(Nc2ccc(C)c(C)c2)c(N)c1. The fourth-order valence-electron chi connectivity index (χ4n) is 1.90. The number of nitrogens with one attached hydrogen (secondary N) is 1. The number of carbonyl (C=O) groups excluding carboxylic acids is 1. The summed E-state index contributed by atoms with van der Waals surface area (Å²) >= 11 is 0. The lowest BCUT2D eigenvalue weighted by Gasteiger charge is -2.12. The van der Waals surface area contributed by atoms with E-state index in [-0.39, 0.29) is 0 Å². The number of esters is 1. The average molecular weight is 270 g/mol. The van der Waals surface area contributed by atoms with Gasteiger partial charge in [-0.3, -0.25) is 0 Å². The van der Waals surface area contributed by atoms with Gasteiger partial charge in [0.2, 0.25) is 0 Å². The molecule has 2 aromatic rings. The van der Waals surface area contributed by atoms with E-state index in [2.05, 4.69) is 36.0 Å². The maximum atomic E-state index is 11.4. The molecule has 2 rings (SSSR count). The molecule has 20 heavy (non-hydrogen) atoms. The lowest BCUT2D eigenvalue weighted by molar-refractivity contribution is 0.0601. The zero-order valence-electron chi connectivity index (χ0n) is 11.9. The molecular weight excluding hydrogens is 252 g/mol. The normalized spacial score (nSPS) is 10.2. The molecule has 0 saturated heterocycles. The molecule has 2 aromatic carbocycles. The highest BCUT2D eigenvalue weighted by Crippen LogP contribution is 2.25. The number of hydrogen-bond donors (Lipinski definition) is 2. The van der Waals surface area contributed by atoms with Crippen molar-refractivity contribution in [2.24, 2.45) is 0 Å². The monoisotopic (exact) mass is 270 g/mol. The fraction of sp³-hybridized carbons (Fsp3) is 0.188. The molecule has 0 fully saturated rings. The second-order valence-corrected chi connectivity index (χ2v) is 4.72. The largest absolute Gasteiger partial charge is 0.465 e. The molecule has 0 heterocycles. The van der Waals surface area contributed by atoms with Gasteiger partial charge in [-0.15, -0.1) is 0 Å². The second kappa shape index (κ2) is 5.65. The highest BCUT2D eigenvalue weighted by Gasteiger charge is 2.08. The number of hydrogen-bond acceptors (Lipinski definition) is 4. The lowest BCUT2D eigenvalue weighted by Crippen LogP contribution is -2.04. The number of anilines is 3. The number of benzene rings is 2. The summed E-state index contributed by atoms with van der Waals surface area (Å²) in [6.07, 6.45) is 0. The molecule has 0 radical (unpaired) electrons. The van der Waals surface area contributed by atoms with E-state index in [1.165, 1.54) is 18.2 Å². The molecule has 4 nitrogen and oxygen atoms in total. The third-order valence-electron chi connectivity index (χ3n) is 3.26. The Morgan fingerprint density at radius 2 is 1.85 bits per heavy atom. The summed E-state index contributed by atoms with van der Waals surface area (Å²) in [5, 5.41) is 3.25. The highest BCUT2D eigenvalue weighted by atomic mass is 16.5. The summed E-state index contributed by atoms with van der Waals surface area (Å²) in [5.41, 5.74) is 11.1. The predicted molar refractivity (Wildman–Crippen MR) is 81.4 cm³/mol. The quantitative estimate of drug-likeness (QED) is 0.662. The lowest BCUT2D eigenvalue weighted by atomic mass is 10.1. The van der Waals surface area contributed by atoms with Crippen LogP contribution in [0.1, 0.15) is 21.5 Å². The van der Waals surface area contributed by atoms with Gasteiger partial charge in [0.1, 0.15) is 0 Å². The summed E-state index contributed by atoms with van der Waals surface area (Å²) < 4.78 is 4.66. The minimum Gasteiger partial charge on any atom is -0.465 e. The van der Waals surface area contributed by atoms with Crippen LogP contribution in [0.3, 0.4) is 0 Å². The Morgan fingerprint density at radius 3 is 2.45 bits per heavy atom. The van der Waals surface area contributed by atoms with Crippen LogP contribution in [0.15, 0.2) is 36.4 Å². The van der Waals surface area contributed by atoms with Crippen LogP contribution in [0, 0.1) is 13.8 Å². The van der Waals surface area contributed by atoms with Gasteiger partial charge in [0, 0.05) is 5.69 Å². The van der Waals surface area contributed by atoms with Crippen molar-refractivity contribution in [2.45, 2.75) is 13.8 Å². The van der Waals surface area contributed by atoms with E-state index in [4.69, 9.17) is 5.73 Å². The molecule has 0 bridgehead atoms.